The molecule has 3 heterocycles. The van der Waals surface area contributed by atoms with Crippen LogP contribution in [0.5, 0.6) is 0 Å². The van der Waals surface area contributed by atoms with Gasteiger partial charge in [0.05, 0.1) is 16.9 Å². The standard InChI is InChI=1S/C13H10N4S/c1-9-12(18-10(2)15-9)4-3-11-6-8-17-13(16-11)5-7-14-17/h5-8H,1-2H3. The zero-order valence-corrected chi connectivity index (χ0v) is 10.8. The molecule has 0 aliphatic rings. The van der Waals surface area contributed by atoms with Crippen molar-refractivity contribution in [3.63, 3.8) is 0 Å². The molecule has 0 spiro atoms. The molecule has 0 atom stereocenters. The van der Waals surface area contributed by atoms with Crippen LogP contribution in [-0.4, -0.2) is 19.6 Å². The minimum atomic E-state index is 0.744. The van der Waals surface area contributed by atoms with Gasteiger partial charge < -0.3 is 0 Å². The summed E-state index contributed by atoms with van der Waals surface area (Å²) in [4.78, 5) is 9.75. The molecule has 0 N–H and O–H groups in total. The molecule has 3 rings (SSSR count). The number of hydrogen-bond donors (Lipinski definition) is 0. The van der Waals surface area contributed by atoms with E-state index in [1.54, 1.807) is 22.0 Å². The zero-order chi connectivity index (χ0) is 12.5. The molecule has 0 aromatic carbocycles. The van der Waals surface area contributed by atoms with Crippen molar-refractivity contribution in [3.05, 3.63) is 45.8 Å². The number of hydrogen-bond acceptors (Lipinski definition) is 4. The summed E-state index contributed by atoms with van der Waals surface area (Å²) in [7, 11) is 0. The lowest BCUT2D eigenvalue weighted by molar-refractivity contribution is 0.936. The maximum absolute atomic E-state index is 4.40. The van der Waals surface area contributed by atoms with Crippen molar-refractivity contribution >= 4 is 17.0 Å². The molecule has 0 fully saturated rings. The molecule has 0 radical (unpaired) electrons. The highest BCUT2D eigenvalue weighted by Crippen LogP contribution is 2.15. The third-order valence-corrected chi connectivity index (χ3v) is 3.45. The molecule has 0 unspecified atom stereocenters. The Morgan fingerprint density at radius 1 is 1.17 bits per heavy atom. The van der Waals surface area contributed by atoms with E-state index in [-0.39, 0.29) is 0 Å². The van der Waals surface area contributed by atoms with Crippen LogP contribution in [0.1, 0.15) is 21.3 Å². The van der Waals surface area contributed by atoms with E-state index in [9.17, 15) is 0 Å². The molecule has 0 amide bonds. The molecule has 0 saturated heterocycles. The SMILES string of the molecule is Cc1nc(C)c(C#Cc2ccn3nccc3n2)s1. The second-order valence-corrected chi connectivity index (χ2v) is 5.05. The Morgan fingerprint density at radius 2 is 2.06 bits per heavy atom. The van der Waals surface area contributed by atoms with E-state index in [1.165, 1.54) is 0 Å². The van der Waals surface area contributed by atoms with Crippen LogP contribution < -0.4 is 0 Å². The lowest BCUT2D eigenvalue weighted by Crippen LogP contribution is -1.91. The zero-order valence-electron chi connectivity index (χ0n) is 10.0. The van der Waals surface area contributed by atoms with E-state index >= 15 is 0 Å². The first-order valence-electron chi connectivity index (χ1n) is 5.49. The van der Waals surface area contributed by atoms with Crippen molar-refractivity contribution in [2.24, 2.45) is 0 Å². The lowest BCUT2D eigenvalue weighted by Gasteiger charge is -1.92. The van der Waals surface area contributed by atoms with Crippen LogP contribution in [0.25, 0.3) is 5.65 Å². The van der Waals surface area contributed by atoms with Crippen LogP contribution in [0, 0.1) is 25.7 Å². The van der Waals surface area contributed by atoms with Gasteiger partial charge in [-0.05, 0) is 31.8 Å². The van der Waals surface area contributed by atoms with Gasteiger partial charge in [-0.25, -0.2) is 14.5 Å². The van der Waals surface area contributed by atoms with Crippen molar-refractivity contribution in [3.8, 4) is 11.8 Å². The molecule has 0 aliphatic heterocycles. The minimum Gasteiger partial charge on any atom is -0.246 e. The van der Waals surface area contributed by atoms with Crippen molar-refractivity contribution in [2.75, 3.05) is 0 Å². The topological polar surface area (TPSA) is 43.1 Å². The van der Waals surface area contributed by atoms with Gasteiger partial charge in [-0.3, -0.25) is 0 Å². The molecule has 3 aromatic rings. The summed E-state index contributed by atoms with van der Waals surface area (Å²) in [6.07, 6.45) is 3.58. The fourth-order valence-electron chi connectivity index (χ4n) is 1.65. The third-order valence-electron chi connectivity index (χ3n) is 2.47. The summed E-state index contributed by atoms with van der Waals surface area (Å²) in [5.41, 5.74) is 2.53. The Hall–Kier alpha value is -2.19. The molecular formula is C13H10N4S. The maximum atomic E-state index is 4.40. The number of aromatic nitrogens is 4. The lowest BCUT2D eigenvalue weighted by atomic mass is 10.3. The summed E-state index contributed by atoms with van der Waals surface area (Å²) >= 11 is 1.61. The van der Waals surface area contributed by atoms with Crippen LogP contribution in [0.3, 0.4) is 0 Å². The predicted molar refractivity (Wildman–Crippen MR) is 70.6 cm³/mol. The van der Waals surface area contributed by atoms with Gasteiger partial charge in [0.2, 0.25) is 0 Å². The fourth-order valence-corrected chi connectivity index (χ4v) is 2.42. The number of aryl methyl sites for hydroxylation is 2. The normalized spacial score (nSPS) is 10.3. The second kappa shape index (κ2) is 4.24. The van der Waals surface area contributed by atoms with Crippen molar-refractivity contribution in [2.45, 2.75) is 13.8 Å². The monoisotopic (exact) mass is 254 g/mol. The first kappa shape index (κ1) is 10.9. The van der Waals surface area contributed by atoms with Gasteiger partial charge in [0.25, 0.3) is 0 Å². The number of thiazole rings is 1. The smallest absolute Gasteiger partial charge is 0.156 e. The highest BCUT2D eigenvalue weighted by molar-refractivity contribution is 7.12. The Labute approximate surface area is 108 Å². The van der Waals surface area contributed by atoms with E-state index in [1.807, 2.05) is 32.2 Å². The van der Waals surface area contributed by atoms with E-state index < -0.39 is 0 Å². The van der Waals surface area contributed by atoms with Gasteiger partial charge in [0, 0.05) is 12.3 Å². The van der Waals surface area contributed by atoms with Gasteiger partial charge in [-0.15, -0.1) is 11.3 Å². The van der Waals surface area contributed by atoms with Crippen molar-refractivity contribution in [1.29, 1.82) is 0 Å². The molecule has 0 bridgehead atoms. The van der Waals surface area contributed by atoms with Gasteiger partial charge in [0.1, 0.15) is 10.6 Å². The Kier molecular flexibility index (Phi) is 2.58. The maximum Gasteiger partial charge on any atom is 0.156 e. The van der Waals surface area contributed by atoms with Crippen LogP contribution in [0.4, 0.5) is 0 Å². The van der Waals surface area contributed by atoms with Crippen LogP contribution in [-0.2, 0) is 0 Å². The van der Waals surface area contributed by atoms with Crippen LogP contribution >= 0.6 is 11.3 Å². The minimum absolute atomic E-state index is 0.744. The first-order chi connectivity index (χ1) is 8.72. The van der Waals surface area contributed by atoms with Gasteiger partial charge in [-0.2, -0.15) is 5.10 Å². The number of nitrogens with zero attached hydrogens (tertiary/aromatic N) is 4. The quantitative estimate of drug-likeness (QED) is 0.578. The molecule has 88 valence electrons. The van der Waals surface area contributed by atoms with Crippen LogP contribution in [0.15, 0.2) is 24.5 Å². The van der Waals surface area contributed by atoms with Gasteiger partial charge in [0.15, 0.2) is 5.65 Å². The summed E-state index contributed by atoms with van der Waals surface area (Å²) in [5.74, 6) is 6.19. The largest absolute Gasteiger partial charge is 0.246 e. The molecular weight excluding hydrogens is 244 g/mol. The Bertz CT molecular complexity index is 773. The molecule has 4 nitrogen and oxygen atoms in total. The Balaban J connectivity index is 1.99. The van der Waals surface area contributed by atoms with Crippen molar-refractivity contribution < 1.29 is 0 Å². The van der Waals surface area contributed by atoms with Gasteiger partial charge >= 0.3 is 0 Å². The molecule has 5 heteroatoms. The predicted octanol–water partition coefficient (Wildman–Crippen LogP) is 2.20. The first-order valence-corrected chi connectivity index (χ1v) is 6.30. The summed E-state index contributed by atoms with van der Waals surface area (Å²) in [6.45, 7) is 3.96. The van der Waals surface area contributed by atoms with E-state index in [4.69, 9.17) is 0 Å². The highest BCUT2D eigenvalue weighted by Gasteiger charge is 2.01. The summed E-state index contributed by atoms with van der Waals surface area (Å²) < 4.78 is 1.72. The Morgan fingerprint density at radius 3 is 2.83 bits per heavy atom. The van der Waals surface area contributed by atoms with Crippen molar-refractivity contribution in [1.82, 2.24) is 19.6 Å². The molecule has 18 heavy (non-hydrogen) atoms. The van der Waals surface area contributed by atoms with E-state index in [2.05, 4.69) is 26.9 Å². The van der Waals surface area contributed by atoms with Gasteiger partial charge in [-0.1, -0.05) is 0 Å². The highest BCUT2D eigenvalue weighted by atomic mass is 32.1. The molecule has 0 saturated carbocycles. The van der Waals surface area contributed by atoms with E-state index in [0.29, 0.717) is 0 Å². The summed E-state index contributed by atoms with van der Waals surface area (Å²) in [6, 6.07) is 3.71. The second-order valence-electron chi connectivity index (χ2n) is 3.84. The van der Waals surface area contributed by atoms with E-state index in [0.717, 1.165) is 26.9 Å². The van der Waals surface area contributed by atoms with Crippen LogP contribution in [0.2, 0.25) is 0 Å². The number of rotatable bonds is 0. The molecule has 3 aromatic heterocycles. The summed E-state index contributed by atoms with van der Waals surface area (Å²) in [5, 5.41) is 5.13. The molecule has 0 aliphatic carbocycles. The average Bonchev–Trinajstić information content (AvgIpc) is 2.92. The number of fused-ring (bicyclic) bond motifs is 1. The average molecular weight is 254 g/mol. The third kappa shape index (κ3) is 1.98. The fraction of sp³-hybridized carbons (Fsp3) is 0.154.